The maximum atomic E-state index is 13.3. The van der Waals surface area contributed by atoms with E-state index in [1.807, 2.05) is 0 Å². The quantitative estimate of drug-likeness (QED) is 0.637. The van der Waals surface area contributed by atoms with Gasteiger partial charge in [-0.3, -0.25) is 5.41 Å². The van der Waals surface area contributed by atoms with Crippen molar-refractivity contribution in [2.75, 3.05) is 0 Å². The number of hydrogen-bond acceptors (Lipinski definition) is 3. The summed E-state index contributed by atoms with van der Waals surface area (Å²) in [7, 11) is 0. The molecular formula is C9H9F3N2OS. The van der Waals surface area contributed by atoms with Crippen molar-refractivity contribution < 1.29 is 17.9 Å². The van der Waals surface area contributed by atoms with E-state index in [0.717, 1.165) is 17.8 Å². The Morgan fingerprint density at radius 3 is 2.75 bits per heavy atom. The number of hydrogen-bond donors (Lipinski definition) is 2. The highest BCUT2D eigenvalue weighted by Crippen LogP contribution is 2.27. The lowest BCUT2D eigenvalue weighted by Crippen LogP contribution is -2.08. The van der Waals surface area contributed by atoms with E-state index >= 15 is 0 Å². The summed E-state index contributed by atoms with van der Waals surface area (Å²) in [5.41, 5.74) is 5.05. The van der Waals surface area contributed by atoms with E-state index in [1.165, 1.54) is 12.1 Å². The molecule has 0 saturated carbocycles. The van der Waals surface area contributed by atoms with Crippen molar-refractivity contribution in [2.24, 2.45) is 5.73 Å². The summed E-state index contributed by atoms with van der Waals surface area (Å²) in [5, 5.41) is 6.74. The second kappa shape index (κ2) is 5.64. The van der Waals surface area contributed by atoms with Crippen LogP contribution in [0.3, 0.4) is 0 Å². The van der Waals surface area contributed by atoms with Crippen LogP contribution in [0.5, 0.6) is 5.75 Å². The van der Waals surface area contributed by atoms with Gasteiger partial charge in [0.2, 0.25) is 0 Å². The van der Waals surface area contributed by atoms with Crippen molar-refractivity contribution in [3.63, 3.8) is 0 Å². The molecule has 1 aromatic carbocycles. The number of alkyl halides is 2. The molecule has 0 unspecified atom stereocenters. The van der Waals surface area contributed by atoms with Gasteiger partial charge in [-0.25, -0.2) is 4.39 Å². The zero-order chi connectivity index (χ0) is 12.1. The third kappa shape index (κ3) is 3.65. The van der Waals surface area contributed by atoms with E-state index in [1.54, 1.807) is 0 Å². The Morgan fingerprint density at radius 1 is 1.50 bits per heavy atom. The first kappa shape index (κ1) is 12.7. The van der Waals surface area contributed by atoms with Crippen LogP contribution in [-0.4, -0.2) is 11.8 Å². The molecule has 0 aromatic heterocycles. The molecule has 16 heavy (non-hydrogen) atoms. The zero-order valence-corrected chi connectivity index (χ0v) is 8.86. The maximum Gasteiger partial charge on any atom is 0.387 e. The number of halogens is 3. The molecule has 0 aliphatic rings. The SMILES string of the molecule is N=C(N)SCc1c(F)cccc1OC(F)F. The van der Waals surface area contributed by atoms with Crippen molar-refractivity contribution in [2.45, 2.75) is 12.4 Å². The maximum absolute atomic E-state index is 13.3. The zero-order valence-electron chi connectivity index (χ0n) is 8.04. The molecule has 7 heteroatoms. The molecule has 0 fully saturated rings. The van der Waals surface area contributed by atoms with Crippen LogP contribution in [0, 0.1) is 11.2 Å². The fourth-order valence-corrected chi connectivity index (χ4v) is 1.62. The predicted molar refractivity (Wildman–Crippen MR) is 56.2 cm³/mol. The molecule has 0 aliphatic heterocycles. The van der Waals surface area contributed by atoms with Crippen LogP contribution in [0.1, 0.15) is 5.56 Å². The molecule has 0 spiro atoms. The Bertz CT molecular complexity index is 387. The third-order valence-electron chi connectivity index (χ3n) is 1.66. The second-order valence-electron chi connectivity index (χ2n) is 2.75. The van der Waals surface area contributed by atoms with Crippen molar-refractivity contribution in [1.29, 1.82) is 5.41 Å². The van der Waals surface area contributed by atoms with Crippen LogP contribution in [0.25, 0.3) is 0 Å². The molecule has 0 radical (unpaired) electrons. The predicted octanol–water partition coefficient (Wildman–Crippen LogP) is 2.55. The van der Waals surface area contributed by atoms with Gasteiger partial charge in [-0.05, 0) is 12.1 Å². The standard InChI is InChI=1S/C9H9F3N2OS/c10-6-2-1-3-7(15-8(11)12)5(6)4-16-9(13)14/h1-3,8H,4H2,(H3,13,14). The van der Waals surface area contributed by atoms with Crippen LogP contribution in [0.15, 0.2) is 18.2 Å². The first-order chi connectivity index (χ1) is 7.50. The van der Waals surface area contributed by atoms with Crippen molar-refractivity contribution in [1.82, 2.24) is 0 Å². The van der Waals surface area contributed by atoms with E-state index in [-0.39, 0.29) is 22.2 Å². The van der Waals surface area contributed by atoms with E-state index in [2.05, 4.69) is 4.74 Å². The Labute approximate surface area is 94.3 Å². The molecular weight excluding hydrogens is 241 g/mol. The summed E-state index contributed by atoms with van der Waals surface area (Å²) in [5.74, 6) is -0.917. The molecule has 3 N–H and O–H groups in total. The van der Waals surface area contributed by atoms with Crippen molar-refractivity contribution >= 4 is 16.9 Å². The molecule has 0 amide bonds. The van der Waals surface area contributed by atoms with Crippen molar-refractivity contribution in [3.05, 3.63) is 29.6 Å². The molecule has 0 heterocycles. The van der Waals surface area contributed by atoms with Crippen LogP contribution < -0.4 is 10.5 Å². The van der Waals surface area contributed by atoms with Gasteiger partial charge in [0, 0.05) is 11.3 Å². The summed E-state index contributed by atoms with van der Waals surface area (Å²) < 4.78 is 41.5. The summed E-state index contributed by atoms with van der Waals surface area (Å²) in [6.45, 7) is -3.01. The average molecular weight is 250 g/mol. The molecule has 1 aromatic rings. The van der Waals surface area contributed by atoms with Crippen LogP contribution in [0.2, 0.25) is 0 Å². The third-order valence-corrected chi connectivity index (χ3v) is 2.41. The van der Waals surface area contributed by atoms with Gasteiger partial charge in [-0.15, -0.1) is 0 Å². The Kier molecular flexibility index (Phi) is 4.48. The lowest BCUT2D eigenvalue weighted by Gasteiger charge is -2.10. The van der Waals surface area contributed by atoms with Crippen LogP contribution in [-0.2, 0) is 5.75 Å². The molecule has 0 atom stereocenters. The fourth-order valence-electron chi connectivity index (χ4n) is 1.04. The van der Waals surface area contributed by atoms with E-state index in [4.69, 9.17) is 11.1 Å². The molecule has 88 valence electrons. The highest BCUT2D eigenvalue weighted by molar-refractivity contribution is 8.13. The highest BCUT2D eigenvalue weighted by atomic mass is 32.2. The number of benzene rings is 1. The Morgan fingerprint density at radius 2 is 2.19 bits per heavy atom. The number of thioether (sulfide) groups is 1. The van der Waals surface area contributed by atoms with Gasteiger partial charge >= 0.3 is 6.61 Å². The molecule has 3 nitrogen and oxygen atoms in total. The molecule has 0 saturated heterocycles. The van der Waals surface area contributed by atoms with Crippen LogP contribution in [0.4, 0.5) is 13.2 Å². The summed E-state index contributed by atoms with van der Waals surface area (Å²) in [6, 6.07) is 3.65. The fraction of sp³-hybridized carbons (Fsp3) is 0.222. The van der Waals surface area contributed by atoms with Gasteiger partial charge in [0.25, 0.3) is 0 Å². The Balaban J connectivity index is 2.89. The lowest BCUT2D eigenvalue weighted by molar-refractivity contribution is -0.0505. The van der Waals surface area contributed by atoms with Gasteiger partial charge in [0.1, 0.15) is 11.6 Å². The van der Waals surface area contributed by atoms with Crippen LogP contribution >= 0.6 is 11.8 Å². The molecule has 1 rings (SSSR count). The highest BCUT2D eigenvalue weighted by Gasteiger charge is 2.13. The van der Waals surface area contributed by atoms with Gasteiger partial charge in [-0.2, -0.15) is 8.78 Å². The van der Waals surface area contributed by atoms with E-state index in [0.29, 0.717) is 0 Å². The van der Waals surface area contributed by atoms with Gasteiger partial charge < -0.3 is 10.5 Å². The van der Waals surface area contributed by atoms with E-state index < -0.39 is 12.4 Å². The minimum atomic E-state index is -3.01. The number of nitrogens with two attached hydrogens (primary N) is 1. The van der Waals surface area contributed by atoms with Crippen molar-refractivity contribution in [3.8, 4) is 5.75 Å². The largest absolute Gasteiger partial charge is 0.434 e. The summed E-state index contributed by atoms with van der Waals surface area (Å²) in [4.78, 5) is 0. The summed E-state index contributed by atoms with van der Waals surface area (Å²) in [6.07, 6.45) is 0. The topological polar surface area (TPSA) is 59.1 Å². The van der Waals surface area contributed by atoms with Gasteiger partial charge in [0.15, 0.2) is 5.17 Å². The first-order valence-electron chi connectivity index (χ1n) is 4.19. The van der Waals surface area contributed by atoms with Gasteiger partial charge in [-0.1, -0.05) is 17.8 Å². The summed E-state index contributed by atoms with van der Waals surface area (Å²) >= 11 is 0.836. The molecule has 0 aliphatic carbocycles. The number of amidine groups is 1. The number of rotatable bonds is 4. The minimum Gasteiger partial charge on any atom is -0.434 e. The average Bonchev–Trinajstić information content (AvgIpc) is 2.15. The number of ether oxygens (including phenoxy) is 1. The second-order valence-corrected chi connectivity index (χ2v) is 3.77. The lowest BCUT2D eigenvalue weighted by atomic mass is 10.2. The van der Waals surface area contributed by atoms with Gasteiger partial charge in [0.05, 0.1) is 0 Å². The normalized spacial score (nSPS) is 10.5. The number of nitrogens with one attached hydrogen (secondary N) is 1. The smallest absolute Gasteiger partial charge is 0.387 e. The first-order valence-corrected chi connectivity index (χ1v) is 5.18. The molecule has 0 bridgehead atoms. The minimum absolute atomic E-state index is 0.0238. The monoisotopic (exact) mass is 250 g/mol. The van der Waals surface area contributed by atoms with E-state index in [9.17, 15) is 13.2 Å². The Hall–Kier alpha value is -1.37.